The summed E-state index contributed by atoms with van der Waals surface area (Å²) < 4.78 is 0. The van der Waals surface area contributed by atoms with Crippen LogP contribution in [0.5, 0.6) is 0 Å². The van der Waals surface area contributed by atoms with Gasteiger partial charge in [0.1, 0.15) is 0 Å². The molecule has 0 saturated heterocycles. The molecule has 0 fully saturated rings. The van der Waals surface area contributed by atoms with Crippen LogP contribution in [0.3, 0.4) is 0 Å². The summed E-state index contributed by atoms with van der Waals surface area (Å²) in [5, 5.41) is 14.7. The predicted octanol–water partition coefficient (Wildman–Crippen LogP) is 0.524. The molecule has 10 heteroatoms. The first-order valence-electron chi connectivity index (χ1n) is 13.0. The molecule has 9 N–H and O–H groups in total. The summed E-state index contributed by atoms with van der Waals surface area (Å²) in [6, 6.07) is -2.17. The van der Waals surface area contributed by atoms with Crippen LogP contribution in [0.15, 0.2) is 0 Å². The van der Waals surface area contributed by atoms with Gasteiger partial charge in [0.25, 0.3) is 0 Å². The number of unbranched alkanes of at least 4 members (excludes halogenated alkanes) is 3. The zero-order chi connectivity index (χ0) is 26.8. The molecule has 0 unspecified atom stereocenters. The van der Waals surface area contributed by atoms with Gasteiger partial charge in [-0.25, -0.2) is 0 Å². The summed E-state index contributed by atoms with van der Waals surface area (Å²) in [6.07, 6.45) is 5.10. The average Bonchev–Trinajstić information content (AvgIpc) is 2.80. The SMILES string of the molecule is CC(=O)[C@@H](NC(=O)[C@H](CCCCN)CC(=O)[C@H](CCCCO)NC(=O)[C@@H](N)CCCCN)C(C)C. The number of ketones is 2. The van der Waals surface area contributed by atoms with Crippen molar-refractivity contribution in [3.63, 3.8) is 0 Å². The van der Waals surface area contributed by atoms with Crippen LogP contribution < -0.4 is 27.8 Å². The topological polar surface area (TPSA) is 191 Å². The van der Waals surface area contributed by atoms with Gasteiger partial charge in [0.05, 0.1) is 18.1 Å². The molecule has 0 bridgehead atoms. The zero-order valence-corrected chi connectivity index (χ0v) is 21.9. The van der Waals surface area contributed by atoms with E-state index in [2.05, 4.69) is 10.6 Å². The van der Waals surface area contributed by atoms with E-state index in [1.54, 1.807) is 0 Å². The van der Waals surface area contributed by atoms with Crippen LogP contribution in [-0.2, 0) is 19.2 Å². The minimum Gasteiger partial charge on any atom is -0.396 e. The van der Waals surface area contributed by atoms with E-state index in [1.807, 2.05) is 13.8 Å². The first kappa shape index (κ1) is 33.1. The Balaban J connectivity index is 5.44. The molecular formula is C25H49N5O5. The predicted molar refractivity (Wildman–Crippen MR) is 137 cm³/mol. The molecule has 10 nitrogen and oxygen atoms in total. The maximum absolute atomic E-state index is 13.3. The molecule has 0 aliphatic rings. The molecule has 0 heterocycles. The lowest BCUT2D eigenvalue weighted by Crippen LogP contribution is -2.50. The third-order valence-electron chi connectivity index (χ3n) is 6.14. The molecule has 0 aromatic rings. The van der Waals surface area contributed by atoms with Crippen molar-refractivity contribution in [1.82, 2.24) is 10.6 Å². The third-order valence-corrected chi connectivity index (χ3v) is 6.14. The minimum absolute atomic E-state index is 0.0147. The standard InChI is InChI=1S/C25H49N5O5/c1-17(2)23(18(3)32)30-24(34)19(10-4-7-13-26)16-22(33)21(12-6-9-15-31)29-25(35)20(28)11-5-8-14-27/h17,19-21,23,31H,4-16,26-28H2,1-3H3,(H,29,35)(H,30,34)/t19-,20+,21+,23+/m1/s1. The number of rotatable bonds is 21. The molecule has 4 atom stereocenters. The Hall–Kier alpha value is -1.88. The molecule has 0 aromatic carbocycles. The van der Waals surface area contributed by atoms with Crippen LogP contribution >= 0.6 is 0 Å². The molecular weight excluding hydrogens is 450 g/mol. The van der Waals surface area contributed by atoms with Crippen molar-refractivity contribution in [2.75, 3.05) is 19.7 Å². The quantitative estimate of drug-likeness (QED) is 0.123. The highest BCUT2D eigenvalue weighted by Crippen LogP contribution is 2.18. The summed E-state index contributed by atoms with van der Waals surface area (Å²) in [5.41, 5.74) is 17.1. The van der Waals surface area contributed by atoms with Gasteiger partial charge >= 0.3 is 0 Å². The second-order valence-corrected chi connectivity index (χ2v) is 9.66. The molecule has 0 spiro atoms. The largest absolute Gasteiger partial charge is 0.396 e. The van der Waals surface area contributed by atoms with Gasteiger partial charge in [-0.2, -0.15) is 0 Å². The van der Waals surface area contributed by atoms with Crippen LogP contribution in [0.25, 0.3) is 0 Å². The molecule has 0 aliphatic heterocycles. The summed E-state index contributed by atoms with van der Waals surface area (Å²) in [6.45, 7) is 6.12. The van der Waals surface area contributed by atoms with E-state index in [0.29, 0.717) is 64.5 Å². The molecule has 0 radical (unpaired) electrons. The lowest BCUT2D eigenvalue weighted by Gasteiger charge is -2.25. The van der Waals surface area contributed by atoms with Gasteiger partial charge in [0.2, 0.25) is 11.8 Å². The van der Waals surface area contributed by atoms with Crippen molar-refractivity contribution in [1.29, 1.82) is 0 Å². The Morgan fingerprint density at radius 2 is 1.37 bits per heavy atom. The van der Waals surface area contributed by atoms with Crippen molar-refractivity contribution < 1.29 is 24.3 Å². The Bertz CT molecular complexity index is 644. The monoisotopic (exact) mass is 499 g/mol. The normalized spacial score (nSPS) is 14.7. The molecule has 0 aromatic heterocycles. The third kappa shape index (κ3) is 14.3. The van der Waals surface area contributed by atoms with E-state index in [9.17, 15) is 19.2 Å². The van der Waals surface area contributed by atoms with Crippen LogP contribution in [0, 0.1) is 11.8 Å². The van der Waals surface area contributed by atoms with Crippen molar-refractivity contribution >= 4 is 23.4 Å². The second-order valence-electron chi connectivity index (χ2n) is 9.66. The molecule has 0 rings (SSSR count). The number of nitrogens with one attached hydrogen (secondary N) is 2. The van der Waals surface area contributed by atoms with Crippen LogP contribution in [0.4, 0.5) is 0 Å². The fourth-order valence-corrected chi connectivity index (χ4v) is 3.95. The van der Waals surface area contributed by atoms with Crippen molar-refractivity contribution in [2.24, 2.45) is 29.0 Å². The molecule has 35 heavy (non-hydrogen) atoms. The minimum atomic E-state index is -0.798. The van der Waals surface area contributed by atoms with Gasteiger partial charge in [-0.1, -0.05) is 26.7 Å². The second kappa shape index (κ2) is 19.3. The number of Topliss-reactive ketones (excluding diaryl/α,β-unsaturated/α-hetero) is 2. The first-order valence-corrected chi connectivity index (χ1v) is 13.0. The first-order chi connectivity index (χ1) is 16.6. The maximum Gasteiger partial charge on any atom is 0.237 e. The summed E-state index contributed by atoms with van der Waals surface area (Å²) in [4.78, 5) is 50.9. The summed E-state index contributed by atoms with van der Waals surface area (Å²) >= 11 is 0. The van der Waals surface area contributed by atoms with Gasteiger partial charge < -0.3 is 32.9 Å². The fraction of sp³-hybridized carbons (Fsp3) is 0.840. The lowest BCUT2D eigenvalue weighted by atomic mass is 9.90. The number of carbonyl (C=O) groups is 4. The highest BCUT2D eigenvalue weighted by atomic mass is 16.3. The molecule has 0 saturated carbocycles. The highest BCUT2D eigenvalue weighted by Gasteiger charge is 2.30. The number of hydrogen-bond acceptors (Lipinski definition) is 8. The lowest BCUT2D eigenvalue weighted by molar-refractivity contribution is -0.134. The number of aliphatic hydroxyl groups excluding tert-OH is 1. The number of aliphatic hydroxyl groups is 1. The van der Waals surface area contributed by atoms with Gasteiger partial charge in [-0.05, 0) is 70.9 Å². The van der Waals surface area contributed by atoms with Crippen molar-refractivity contribution in [3.05, 3.63) is 0 Å². The summed E-state index contributed by atoms with van der Waals surface area (Å²) in [5.74, 6) is -1.87. The number of hydrogen-bond donors (Lipinski definition) is 6. The van der Waals surface area contributed by atoms with E-state index >= 15 is 0 Å². The highest BCUT2D eigenvalue weighted by molar-refractivity contribution is 5.94. The van der Waals surface area contributed by atoms with Gasteiger partial charge in [0.15, 0.2) is 11.6 Å². The van der Waals surface area contributed by atoms with Crippen molar-refractivity contribution in [3.8, 4) is 0 Å². The Kier molecular flexibility index (Phi) is 18.3. The van der Waals surface area contributed by atoms with E-state index < -0.39 is 30.0 Å². The van der Waals surface area contributed by atoms with Gasteiger partial charge in [-0.15, -0.1) is 0 Å². The van der Waals surface area contributed by atoms with Crippen LogP contribution in [0.2, 0.25) is 0 Å². The Morgan fingerprint density at radius 1 is 0.800 bits per heavy atom. The number of nitrogens with two attached hydrogens (primary N) is 3. The van der Waals surface area contributed by atoms with E-state index in [-0.39, 0.29) is 36.4 Å². The number of amides is 2. The van der Waals surface area contributed by atoms with Crippen molar-refractivity contribution in [2.45, 2.75) is 103 Å². The molecule has 0 aliphatic carbocycles. The number of carbonyl (C=O) groups excluding carboxylic acids is 4. The van der Waals surface area contributed by atoms with E-state index in [4.69, 9.17) is 22.3 Å². The molecule has 204 valence electrons. The molecule has 2 amide bonds. The maximum atomic E-state index is 13.3. The average molecular weight is 500 g/mol. The zero-order valence-electron chi connectivity index (χ0n) is 21.9. The van der Waals surface area contributed by atoms with Gasteiger partial charge in [0, 0.05) is 18.9 Å². The smallest absolute Gasteiger partial charge is 0.237 e. The van der Waals surface area contributed by atoms with E-state index in [1.165, 1.54) is 6.92 Å². The Morgan fingerprint density at radius 3 is 1.89 bits per heavy atom. The summed E-state index contributed by atoms with van der Waals surface area (Å²) in [7, 11) is 0. The van der Waals surface area contributed by atoms with Crippen LogP contribution in [0.1, 0.15) is 85.0 Å². The van der Waals surface area contributed by atoms with Crippen LogP contribution in [-0.4, -0.2) is 66.3 Å². The van der Waals surface area contributed by atoms with Gasteiger partial charge in [-0.3, -0.25) is 19.2 Å². The van der Waals surface area contributed by atoms with E-state index in [0.717, 1.165) is 6.42 Å². The fourth-order valence-electron chi connectivity index (χ4n) is 3.95. The Labute approximate surface area is 210 Å².